The Hall–Kier alpha value is -1.32. The van der Waals surface area contributed by atoms with E-state index in [9.17, 15) is 0 Å². The molecule has 0 radical (unpaired) electrons. The average Bonchev–Trinajstić information content (AvgIpc) is 2.47. The third kappa shape index (κ3) is 4.87. The standard InChI is InChI=1S/C18H22BrNO/c1-3-10-20-12-16-8-4-6-14(2)18(16)21-13-15-7-5-9-17(19)11-15/h4-9,11,20H,3,10,12-13H2,1-2H3. The van der Waals surface area contributed by atoms with Gasteiger partial charge in [0.25, 0.3) is 0 Å². The molecule has 2 aromatic rings. The van der Waals surface area contributed by atoms with E-state index in [0.29, 0.717) is 6.61 Å². The topological polar surface area (TPSA) is 21.3 Å². The number of para-hydroxylation sites is 1. The van der Waals surface area contributed by atoms with Gasteiger partial charge in [0.1, 0.15) is 12.4 Å². The van der Waals surface area contributed by atoms with E-state index >= 15 is 0 Å². The molecule has 21 heavy (non-hydrogen) atoms. The van der Waals surface area contributed by atoms with Gasteiger partial charge >= 0.3 is 0 Å². The summed E-state index contributed by atoms with van der Waals surface area (Å²) in [4.78, 5) is 0. The summed E-state index contributed by atoms with van der Waals surface area (Å²) < 4.78 is 7.16. The number of ether oxygens (including phenoxy) is 1. The van der Waals surface area contributed by atoms with Gasteiger partial charge in [-0.05, 0) is 43.1 Å². The van der Waals surface area contributed by atoms with Crippen LogP contribution in [0.4, 0.5) is 0 Å². The molecule has 0 saturated carbocycles. The van der Waals surface area contributed by atoms with Gasteiger partial charge in [0.05, 0.1) is 0 Å². The molecule has 112 valence electrons. The molecule has 0 unspecified atom stereocenters. The molecule has 0 spiro atoms. The monoisotopic (exact) mass is 347 g/mol. The first-order valence-electron chi connectivity index (χ1n) is 7.37. The number of benzene rings is 2. The molecule has 3 heteroatoms. The number of nitrogens with one attached hydrogen (secondary N) is 1. The number of hydrogen-bond donors (Lipinski definition) is 1. The highest BCUT2D eigenvalue weighted by Crippen LogP contribution is 2.25. The fourth-order valence-corrected chi connectivity index (χ4v) is 2.69. The summed E-state index contributed by atoms with van der Waals surface area (Å²) in [5.41, 5.74) is 3.57. The van der Waals surface area contributed by atoms with Crippen molar-refractivity contribution in [3.63, 3.8) is 0 Å². The maximum Gasteiger partial charge on any atom is 0.127 e. The molecule has 1 N–H and O–H groups in total. The Balaban J connectivity index is 2.07. The van der Waals surface area contributed by atoms with E-state index in [-0.39, 0.29) is 0 Å². The molecule has 2 aromatic carbocycles. The van der Waals surface area contributed by atoms with E-state index < -0.39 is 0 Å². The van der Waals surface area contributed by atoms with Crippen LogP contribution < -0.4 is 10.1 Å². The Labute approximate surface area is 135 Å². The number of hydrogen-bond acceptors (Lipinski definition) is 2. The van der Waals surface area contributed by atoms with E-state index in [0.717, 1.165) is 29.7 Å². The fraction of sp³-hybridized carbons (Fsp3) is 0.333. The van der Waals surface area contributed by atoms with E-state index in [2.05, 4.69) is 65.4 Å². The molecule has 2 nitrogen and oxygen atoms in total. The van der Waals surface area contributed by atoms with Crippen molar-refractivity contribution in [2.45, 2.75) is 33.4 Å². The molecule has 0 atom stereocenters. The van der Waals surface area contributed by atoms with Crippen molar-refractivity contribution in [2.24, 2.45) is 0 Å². The number of aryl methyl sites for hydroxylation is 1. The quantitative estimate of drug-likeness (QED) is 0.723. The van der Waals surface area contributed by atoms with Crippen LogP contribution in [-0.2, 0) is 13.2 Å². The highest BCUT2D eigenvalue weighted by molar-refractivity contribution is 9.10. The number of rotatable bonds is 7. The van der Waals surface area contributed by atoms with Crippen LogP contribution in [0.1, 0.15) is 30.0 Å². The van der Waals surface area contributed by atoms with Crippen molar-refractivity contribution in [2.75, 3.05) is 6.54 Å². The first-order chi connectivity index (χ1) is 10.2. The van der Waals surface area contributed by atoms with Crippen molar-refractivity contribution in [1.29, 1.82) is 0 Å². The zero-order valence-electron chi connectivity index (χ0n) is 12.7. The van der Waals surface area contributed by atoms with Gasteiger partial charge in [-0.1, -0.05) is 53.2 Å². The average molecular weight is 348 g/mol. The molecular weight excluding hydrogens is 326 g/mol. The highest BCUT2D eigenvalue weighted by Gasteiger charge is 2.07. The normalized spacial score (nSPS) is 10.6. The molecular formula is C18H22BrNO. The Morgan fingerprint density at radius 2 is 1.95 bits per heavy atom. The van der Waals surface area contributed by atoms with Crippen LogP contribution in [0.5, 0.6) is 5.75 Å². The Morgan fingerprint density at radius 3 is 2.71 bits per heavy atom. The summed E-state index contributed by atoms with van der Waals surface area (Å²) in [5, 5.41) is 3.44. The van der Waals surface area contributed by atoms with Crippen molar-refractivity contribution in [3.8, 4) is 5.75 Å². The van der Waals surface area contributed by atoms with Gasteiger partial charge in [-0.3, -0.25) is 0 Å². The van der Waals surface area contributed by atoms with Crippen LogP contribution in [0.15, 0.2) is 46.9 Å². The molecule has 0 amide bonds. The Kier molecular flexibility index (Phi) is 6.27. The third-order valence-electron chi connectivity index (χ3n) is 3.31. The molecule has 0 bridgehead atoms. The van der Waals surface area contributed by atoms with Crippen LogP contribution in [0.25, 0.3) is 0 Å². The molecule has 0 aromatic heterocycles. The SMILES string of the molecule is CCCNCc1cccc(C)c1OCc1cccc(Br)c1. The lowest BCUT2D eigenvalue weighted by Crippen LogP contribution is -2.15. The molecule has 0 aliphatic heterocycles. The van der Waals surface area contributed by atoms with Crippen LogP contribution in [0, 0.1) is 6.92 Å². The molecule has 0 heterocycles. The third-order valence-corrected chi connectivity index (χ3v) is 3.80. The summed E-state index contributed by atoms with van der Waals surface area (Å²) in [7, 11) is 0. The Morgan fingerprint density at radius 1 is 1.14 bits per heavy atom. The Bertz CT molecular complexity index is 583. The van der Waals surface area contributed by atoms with Gasteiger partial charge in [-0.15, -0.1) is 0 Å². The van der Waals surface area contributed by atoms with Gasteiger partial charge in [-0.25, -0.2) is 0 Å². The van der Waals surface area contributed by atoms with Gasteiger partial charge in [0, 0.05) is 16.6 Å². The lowest BCUT2D eigenvalue weighted by molar-refractivity contribution is 0.300. The number of halogens is 1. The predicted molar refractivity (Wildman–Crippen MR) is 91.7 cm³/mol. The van der Waals surface area contributed by atoms with Crippen molar-refractivity contribution >= 4 is 15.9 Å². The first kappa shape index (κ1) is 16.1. The van der Waals surface area contributed by atoms with E-state index in [1.54, 1.807) is 0 Å². The second-order valence-electron chi connectivity index (χ2n) is 5.16. The van der Waals surface area contributed by atoms with Crippen molar-refractivity contribution in [1.82, 2.24) is 5.32 Å². The molecule has 0 aliphatic rings. The molecule has 0 fully saturated rings. The minimum absolute atomic E-state index is 0.588. The smallest absolute Gasteiger partial charge is 0.127 e. The van der Waals surface area contributed by atoms with Gasteiger partial charge in [0.2, 0.25) is 0 Å². The van der Waals surface area contributed by atoms with E-state index in [4.69, 9.17) is 4.74 Å². The van der Waals surface area contributed by atoms with E-state index in [1.807, 2.05) is 12.1 Å². The summed E-state index contributed by atoms with van der Waals surface area (Å²) >= 11 is 3.49. The van der Waals surface area contributed by atoms with Crippen molar-refractivity contribution < 1.29 is 4.74 Å². The lowest BCUT2D eigenvalue weighted by atomic mass is 10.1. The maximum atomic E-state index is 6.08. The van der Waals surface area contributed by atoms with Gasteiger partial charge < -0.3 is 10.1 Å². The lowest BCUT2D eigenvalue weighted by Gasteiger charge is -2.15. The summed E-state index contributed by atoms with van der Waals surface area (Å²) in [6.45, 7) is 6.74. The van der Waals surface area contributed by atoms with Gasteiger partial charge in [-0.2, -0.15) is 0 Å². The van der Waals surface area contributed by atoms with Crippen LogP contribution >= 0.6 is 15.9 Å². The van der Waals surface area contributed by atoms with Crippen molar-refractivity contribution in [3.05, 3.63) is 63.6 Å². The maximum absolute atomic E-state index is 6.08. The van der Waals surface area contributed by atoms with Crippen LogP contribution in [-0.4, -0.2) is 6.54 Å². The molecule has 0 aliphatic carbocycles. The molecule has 0 saturated heterocycles. The van der Waals surface area contributed by atoms with Crippen LogP contribution in [0.2, 0.25) is 0 Å². The largest absolute Gasteiger partial charge is 0.488 e. The predicted octanol–water partition coefficient (Wildman–Crippen LogP) is 4.84. The second-order valence-corrected chi connectivity index (χ2v) is 6.07. The zero-order chi connectivity index (χ0) is 15.1. The fourth-order valence-electron chi connectivity index (χ4n) is 2.24. The second kappa shape index (κ2) is 8.20. The molecule has 2 rings (SSSR count). The van der Waals surface area contributed by atoms with Crippen LogP contribution in [0.3, 0.4) is 0 Å². The summed E-state index contributed by atoms with van der Waals surface area (Å²) in [6.07, 6.45) is 1.14. The van der Waals surface area contributed by atoms with E-state index in [1.165, 1.54) is 16.7 Å². The minimum Gasteiger partial charge on any atom is -0.488 e. The first-order valence-corrected chi connectivity index (χ1v) is 8.16. The van der Waals surface area contributed by atoms with Gasteiger partial charge in [0.15, 0.2) is 0 Å². The summed E-state index contributed by atoms with van der Waals surface area (Å²) in [5.74, 6) is 1.00. The highest BCUT2D eigenvalue weighted by atomic mass is 79.9. The summed E-state index contributed by atoms with van der Waals surface area (Å²) in [6, 6.07) is 14.5. The minimum atomic E-state index is 0.588. The zero-order valence-corrected chi connectivity index (χ0v) is 14.2.